The second-order valence-electron chi connectivity index (χ2n) is 7.37. The molecule has 0 aliphatic carbocycles. The third kappa shape index (κ3) is 3.86. The number of fused-ring (bicyclic) bond motifs is 1. The molecule has 2 heterocycles. The SMILES string of the molecule is Cc1cccc(OCCCCn2c(C3CCCO3)nc3ccccc32)c1C. The summed E-state index contributed by atoms with van der Waals surface area (Å²) in [4.78, 5) is 4.87. The van der Waals surface area contributed by atoms with Crippen LogP contribution in [0.2, 0.25) is 0 Å². The Kier molecular flexibility index (Phi) is 5.44. The van der Waals surface area contributed by atoms with E-state index < -0.39 is 0 Å². The lowest BCUT2D eigenvalue weighted by Crippen LogP contribution is -2.10. The lowest BCUT2D eigenvalue weighted by molar-refractivity contribution is 0.102. The van der Waals surface area contributed by atoms with Crippen LogP contribution in [0.4, 0.5) is 0 Å². The van der Waals surface area contributed by atoms with Crippen molar-refractivity contribution in [3.8, 4) is 5.75 Å². The number of hydrogen-bond acceptors (Lipinski definition) is 3. The van der Waals surface area contributed by atoms with Gasteiger partial charge in [-0.25, -0.2) is 4.98 Å². The Balaban J connectivity index is 1.40. The molecule has 1 saturated heterocycles. The van der Waals surface area contributed by atoms with Gasteiger partial charge in [-0.2, -0.15) is 0 Å². The van der Waals surface area contributed by atoms with Gasteiger partial charge in [0, 0.05) is 13.2 Å². The molecule has 142 valence electrons. The van der Waals surface area contributed by atoms with E-state index in [0.29, 0.717) is 0 Å². The lowest BCUT2D eigenvalue weighted by atomic mass is 10.1. The molecular formula is C23H28N2O2. The molecule has 0 saturated carbocycles. The summed E-state index contributed by atoms with van der Waals surface area (Å²) in [6.07, 6.45) is 4.41. The second kappa shape index (κ2) is 8.13. The van der Waals surface area contributed by atoms with E-state index in [-0.39, 0.29) is 6.10 Å². The highest BCUT2D eigenvalue weighted by atomic mass is 16.5. The molecule has 0 radical (unpaired) electrons. The number of benzene rings is 2. The number of unbranched alkanes of at least 4 members (excludes halogenated alkanes) is 1. The summed E-state index contributed by atoms with van der Waals surface area (Å²) >= 11 is 0. The van der Waals surface area contributed by atoms with Crippen LogP contribution < -0.4 is 4.74 Å². The summed E-state index contributed by atoms with van der Waals surface area (Å²) in [5, 5.41) is 0. The van der Waals surface area contributed by atoms with Gasteiger partial charge in [-0.15, -0.1) is 0 Å². The quantitative estimate of drug-likeness (QED) is 0.529. The highest BCUT2D eigenvalue weighted by Crippen LogP contribution is 2.31. The summed E-state index contributed by atoms with van der Waals surface area (Å²) in [6, 6.07) is 14.6. The van der Waals surface area contributed by atoms with E-state index in [1.54, 1.807) is 0 Å². The Morgan fingerprint density at radius 1 is 1.11 bits per heavy atom. The van der Waals surface area contributed by atoms with Gasteiger partial charge in [-0.1, -0.05) is 24.3 Å². The molecule has 1 fully saturated rings. The first-order chi connectivity index (χ1) is 13.2. The van der Waals surface area contributed by atoms with E-state index in [9.17, 15) is 0 Å². The van der Waals surface area contributed by atoms with E-state index >= 15 is 0 Å². The molecule has 0 N–H and O–H groups in total. The van der Waals surface area contributed by atoms with Crippen molar-refractivity contribution in [3.05, 3.63) is 59.4 Å². The van der Waals surface area contributed by atoms with Crippen molar-refractivity contribution >= 4 is 11.0 Å². The first kappa shape index (κ1) is 18.1. The maximum Gasteiger partial charge on any atom is 0.139 e. The van der Waals surface area contributed by atoms with Crippen LogP contribution in [0.3, 0.4) is 0 Å². The van der Waals surface area contributed by atoms with Crippen molar-refractivity contribution in [2.24, 2.45) is 0 Å². The zero-order chi connectivity index (χ0) is 18.6. The van der Waals surface area contributed by atoms with E-state index in [0.717, 1.165) is 62.5 Å². The number of imidazole rings is 1. The van der Waals surface area contributed by atoms with Crippen molar-refractivity contribution in [1.82, 2.24) is 9.55 Å². The van der Waals surface area contributed by atoms with Crippen LogP contribution in [-0.4, -0.2) is 22.8 Å². The summed E-state index contributed by atoms with van der Waals surface area (Å²) < 4.78 is 14.3. The fourth-order valence-electron chi connectivity index (χ4n) is 3.79. The zero-order valence-corrected chi connectivity index (χ0v) is 16.3. The molecule has 3 aromatic rings. The normalized spacial score (nSPS) is 16.9. The Morgan fingerprint density at radius 2 is 2.00 bits per heavy atom. The lowest BCUT2D eigenvalue weighted by Gasteiger charge is -2.14. The van der Waals surface area contributed by atoms with Crippen molar-refractivity contribution in [2.45, 2.75) is 52.2 Å². The van der Waals surface area contributed by atoms with Gasteiger partial charge in [0.05, 0.1) is 17.6 Å². The van der Waals surface area contributed by atoms with E-state index in [4.69, 9.17) is 14.5 Å². The van der Waals surface area contributed by atoms with Crippen LogP contribution in [0.25, 0.3) is 11.0 Å². The van der Waals surface area contributed by atoms with Crippen molar-refractivity contribution in [1.29, 1.82) is 0 Å². The molecular weight excluding hydrogens is 336 g/mol. The van der Waals surface area contributed by atoms with Gasteiger partial charge in [0.25, 0.3) is 0 Å². The molecule has 2 aromatic carbocycles. The minimum Gasteiger partial charge on any atom is -0.493 e. The number of aromatic nitrogens is 2. The van der Waals surface area contributed by atoms with E-state index in [2.05, 4.69) is 60.9 Å². The molecule has 1 atom stereocenters. The van der Waals surface area contributed by atoms with Gasteiger partial charge in [0.1, 0.15) is 17.7 Å². The molecule has 1 unspecified atom stereocenters. The molecule has 0 amide bonds. The first-order valence-electron chi connectivity index (χ1n) is 10.00. The number of para-hydroxylation sites is 2. The maximum atomic E-state index is 6.00. The van der Waals surface area contributed by atoms with Crippen molar-refractivity contribution < 1.29 is 9.47 Å². The largest absolute Gasteiger partial charge is 0.493 e. The first-order valence-corrected chi connectivity index (χ1v) is 10.00. The maximum absolute atomic E-state index is 6.00. The molecule has 1 aliphatic heterocycles. The standard InChI is InChI=1S/C23H28N2O2/c1-17-9-7-12-21(18(17)2)26-15-6-5-14-25-20-11-4-3-10-19(20)24-23(25)22-13-8-16-27-22/h3-4,7,9-12,22H,5-6,8,13-16H2,1-2H3. The van der Waals surface area contributed by atoms with Gasteiger partial charge in [0.2, 0.25) is 0 Å². The highest BCUT2D eigenvalue weighted by molar-refractivity contribution is 5.76. The monoisotopic (exact) mass is 364 g/mol. The number of hydrogen-bond donors (Lipinski definition) is 0. The number of nitrogens with zero attached hydrogens (tertiary/aromatic N) is 2. The Labute approximate surface area is 161 Å². The second-order valence-corrected chi connectivity index (χ2v) is 7.37. The summed E-state index contributed by atoms with van der Waals surface area (Å²) in [5.41, 5.74) is 4.78. The van der Waals surface area contributed by atoms with Crippen LogP contribution in [-0.2, 0) is 11.3 Å². The summed E-state index contributed by atoms with van der Waals surface area (Å²) in [5.74, 6) is 2.09. The van der Waals surface area contributed by atoms with E-state index in [1.807, 2.05) is 0 Å². The van der Waals surface area contributed by atoms with Gasteiger partial charge < -0.3 is 14.0 Å². The third-order valence-electron chi connectivity index (χ3n) is 5.49. The summed E-state index contributed by atoms with van der Waals surface area (Å²) in [6.45, 7) is 6.78. The fraction of sp³-hybridized carbons (Fsp3) is 0.435. The average molecular weight is 364 g/mol. The highest BCUT2D eigenvalue weighted by Gasteiger charge is 2.24. The van der Waals surface area contributed by atoms with Crippen LogP contribution in [0.15, 0.2) is 42.5 Å². The Hall–Kier alpha value is -2.33. The van der Waals surface area contributed by atoms with Gasteiger partial charge in [-0.3, -0.25) is 0 Å². The predicted molar refractivity (Wildman–Crippen MR) is 108 cm³/mol. The zero-order valence-electron chi connectivity index (χ0n) is 16.3. The number of rotatable bonds is 7. The summed E-state index contributed by atoms with van der Waals surface area (Å²) in [7, 11) is 0. The molecule has 0 spiro atoms. The smallest absolute Gasteiger partial charge is 0.139 e. The fourth-order valence-corrected chi connectivity index (χ4v) is 3.79. The molecule has 1 aromatic heterocycles. The van der Waals surface area contributed by atoms with Gasteiger partial charge >= 0.3 is 0 Å². The molecule has 4 nitrogen and oxygen atoms in total. The Morgan fingerprint density at radius 3 is 2.85 bits per heavy atom. The molecule has 4 heteroatoms. The number of aryl methyl sites for hydroxylation is 2. The molecule has 1 aliphatic rings. The molecule has 27 heavy (non-hydrogen) atoms. The Bertz CT molecular complexity index is 910. The van der Waals surface area contributed by atoms with Crippen LogP contribution in [0.5, 0.6) is 5.75 Å². The van der Waals surface area contributed by atoms with Crippen LogP contribution in [0.1, 0.15) is 48.7 Å². The average Bonchev–Trinajstić information content (AvgIpc) is 3.32. The van der Waals surface area contributed by atoms with E-state index in [1.165, 1.54) is 16.6 Å². The molecule has 0 bridgehead atoms. The number of ether oxygens (including phenoxy) is 2. The van der Waals surface area contributed by atoms with Crippen LogP contribution in [0, 0.1) is 13.8 Å². The topological polar surface area (TPSA) is 36.3 Å². The van der Waals surface area contributed by atoms with Gasteiger partial charge in [0.15, 0.2) is 0 Å². The van der Waals surface area contributed by atoms with Crippen molar-refractivity contribution in [2.75, 3.05) is 13.2 Å². The van der Waals surface area contributed by atoms with Gasteiger partial charge in [-0.05, 0) is 68.9 Å². The predicted octanol–water partition coefficient (Wildman–Crippen LogP) is 5.36. The minimum atomic E-state index is 0.142. The third-order valence-corrected chi connectivity index (χ3v) is 5.49. The van der Waals surface area contributed by atoms with Crippen molar-refractivity contribution in [3.63, 3.8) is 0 Å². The van der Waals surface area contributed by atoms with Crippen LogP contribution >= 0.6 is 0 Å². The molecule has 4 rings (SSSR count). The minimum absolute atomic E-state index is 0.142.